The lowest BCUT2D eigenvalue weighted by Gasteiger charge is -2.36. The van der Waals surface area contributed by atoms with Crippen molar-refractivity contribution in [2.45, 2.75) is 32.6 Å². The molecule has 3 N–H and O–H groups in total. The summed E-state index contributed by atoms with van der Waals surface area (Å²) in [5.74, 6) is 1.74. The van der Waals surface area contributed by atoms with Crippen LogP contribution in [0.4, 0.5) is 17.5 Å². The maximum absolute atomic E-state index is 6.07. The van der Waals surface area contributed by atoms with Crippen molar-refractivity contribution in [1.82, 2.24) is 15.0 Å². The Morgan fingerprint density at radius 1 is 1.25 bits per heavy atom. The van der Waals surface area contributed by atoms with Gasteiger partial charge in [-0.1, -0.05) is 17.7 Å². The Morgan fingerprint density at radius 2 is 2.00 bits per heavy atom. The first-order valence-electron chi connectivity index (χ1n) is 7.88. The average molecular weight is 349 g/mol. The number of nitrogens with one attached hydrogen (secondary N) is 1. The molecule has 1 aliphatic heterocycles. The lowest BCUT2D eigenvalue weighted by molar-refractivity contribution is -0.00545. The molecule has 0 amide bonds. The van der Waals surface area contributed by atoms with E-state index < -0.39 is 0 Å². The fourth-order valence-electron chi connectivity index (χ4n) is 2.77. The molecule has 3 rings (SSSR count). The fraction of sp³-hybridized carbons (Fsp3) is 0.438. The quantitative estimate of drug-likeness (QED) is 0.876. The van der Waals surface area contributed by atoms with Crippen LogP contribution in [0.15, 0.2) is 24.7 Å². The van der Waals surface area contributed by atoms with Crippen molar-refractivity contribution in [1.29, 1.82) is 0 Å². The topological polar surface area (TPSA) is 89.2 Å². The van der Waals surface area contributed by atoms with Crippen LogP contribution in [0.25, 0.3) is 0 Å². The largest absolute Gasteiger partial charge is 0.382 e. The molecule has 3 heterocycles. The van der Waals surface area contributed by atoms with Gasteiger partial charge in [0.05, 0.1) is 12.2 Å². The second kappa shape index (κ2) is 7.19. The van der Waals surface area contributed by atoms with E-state index in [1.165, 1.54) is 6.33 Å². The Morgan fingerprint density at radius 3 is 2.67 bits per heavy atom. The number of morpholine rings is 1. The second-order valence-corrected chi connectivity index (χ2v) is 6.34. The van der Waals surface area contributed by atoms with Gasteiger partial charge in [0.25, 0.3) is 0 Å². The predicted molar refractivity (Wildman–Crippen MR) is 95.2 cm³/mol. The van der Waals surface area contributed by atoms with E-state index in [0.29, 0.717) is 17.4 Å². The van der Waals surface area contributed by atoms with Crippen LogP contribution in [-0.4, -0.2) is 40.2 Å². The van der Waals surface area contributed by atoms with Gasteiger partial charge < -0.3 is 20.7 Å². The summed E-state index contributed by atoms with van der Waals surface area (Å²) in [5.41, 5.74) is 6.69. The highest BCUT2D eigenvalue weighted by Crippen LogP contribution is 2.24. The highest BCUT2D eigenvalue weighted by Gasteiger charge is 2.22. The number of aromatic nitrogens is 3. The number of anilines is 3. The van der Waals surface area contributed by atoms with Crippen LogP contribution in [-0.2, 0) is 11.3 Å². The predicted octanol–water partition coefficient (Wildman–Crippen LogP) is 2.33. The summed E-state index contributed by atoms with van der Waals surface area (Å²) >= 11 is 6.07. The molecule has 1 saturated heterocycles. The molecule has 0 bridgehead atoms. The van der Waals surface area contributed by atoms with E-state index in [0.717, 1.165) is 24.5 Å². The van der Waals surface area contributed by atoms with E-state index in [1.54, 1.807) is 0 Å². The molecule has 2 atom stereocenters. The first kappa shape index (κ1) is 16.7. The zero-order valence-corrected chi connectivity index (χ0v) is 14.5. The molecular formula is C16H21ClN6O. The van der Waals surface area contributed by atoms with E-state index in [2.05, 4.69) is 39.0 Å². The minimum absolute atomic E-state index is 0.210. The summed E-state index contributed by atoms with van der Waals surface area (Å²) in [7, 11) is 0. The monoisotopic (exact) mass is 348 g/mol. The minimum atomic E-state index is 0.210. The number of halogens is 1. The van der Waals surface area contributed by atoms with Crippen LogP contribution in [0.1, 0.15) is 19.4 Å². The summed E-state index contributed by atoms with van der Waals surface area (Å²) in [5, 5.41) is 3.48. The summed E-state index contributed by atoms with van der Waals surface area (Å²) in [6.45, 7) is 6.42. The van der Waals surface area contributed by atoms with Crippen molar-refractivity contribution in [2.24, 2.45) is 0 Å². The Hall–Kier alpha value is -2.12. The maximum atomic E-state index is 6.07. The standard InChI is InChI=1S/C16H21ClN6O/c1-10-7-23(8-11(2)24-10)13-4-3-12(5-19-13)6-20-16-14(17)15(18)21-9-22-16/h3-5,9-11H,6-8H2,1-2H3,(H3,18,20,21,22). The molecule has 0 spiro atoms. The van der Waals surface area contributed by atoms with Gasteiger partial charge in [0.1, 0.15) is 23.0 Å². The van der Waals surface area contributed by atoms with Gasteiger partial charge in [-0.25, -0.2) is 15.0 Å². The number of hydrogen-bond acceptors (Lipinski definition) is 7. The van der Waals surface area contributed by atoms with Crippen molar-refractivity contribution in [3.05, 3.63) is 35.2 Å². The molecule has 0 radical (unpaired) electrons. The number of rotatable bonds is 4. The first-order chi connectivity index (χ1) is 11.5. The number of nitrogens with zero attached hydrogens (tertiary/aromatic N) is 4. The van der Waals surface area contributed by atoms with Crippen molar-refractivity contribution in [3.63, 3.8) is 0 Å². The highest BCUT2D eigenvalue weighted by molar-refractivity contribution is 6.35. The lowest BCUT2D eigenvalue weighted by Crippen LogP contribution is -2.45. The Bertz CT molecular complexity index is 685. The van der Waals surface area contributed by atoms with Gasteiger partial charge in [-0.05, 0) is 25.5 Å². The molecule has 1 aliphatic rings. The SMILES string of the molecule is CC1CN(c2ccc(CNc3ncnc(N)c3Cl)cn2)CC(C)O1. The van der Waals surface area contributed by atoms with Crippen LogP contribution >= 0.6 is 11.6 Å². The van der Waals surface area contributed by atoms with Crippen molar-refractivity contribution in [2.75, 3.05) is 29.0 Å². The van der Waals surface area contributed by atoms with Crippen LogP contribution in [0.3, 0.4) is 0 Å². The second-order valence-electron chi connectivity index (χ2n) is 5.96. The van der Waals surface area contributed by atoms with Gasteiger partial charge in [-0.15, -0.1) is 0 Å². The van der Waals surface area contributed by atoms with Gasteiger partial charge in [0, 0.05) is 25.8 Å². The fourth-order valence-corrected chi connectivity index (χ4v) is 2.93. The van der Waals surface area contributed by atoms with Crippen LogP contribution < -0.4 is 16.0 Å². The smallest absolute Gasteiger partial charge is 0.150 e. The van der Waals surface area contributed by atoms with Crippen LogP contribution in [0, 0.1) is 0 Å². The summed E-state index contributed by atoms with van der Waals surface area (Å²) in [4.78, 5) is 14.7. The van der Waals surface area contributed by atoms with E-state index in [-0.39, 0.29) is 18.0 Å². The van der Waals surface area contributed by atoms with E-state index in [1.807, 2.05) is 18.3 Å². The summed E-state index contributed by atoms with van der Waals surface area (Å²) < 4.78 is 5.76. The molecule has 2 aromatic rings. The zero-order valence-electron chi connectivity index (χ0n) is 13.7. The van der Waals surface area contributed by atoms with E-state index in [4.69, 9.17) is 22.1 Å². The van der Waals surface area contributed by atoms with Gasteiger partial charge in [0.15, 0.2) is 5.82 Å². The van der Waals surface area contributed by atoms with Gasteiger partial charge in [0.2, 0.25) is 0 Å². The van der Waals surface area contributed by atoms with Crippen molar-refractivity contribution >= 4 is 29.1 Å². The molecule has 24 heavy (non-hydrogen) atoms. The highest BCUT2D eigenvalue weighted by atomic mass is 35.5. The molecule has 128 valence electrons. The van der Waals surface area contributed by atoms with Crippen molar-refractivity contribution < 1.29 is 4.74 Å². The number of hydrogen-bond donors (Lipinski definition) is 2. The first-order valence-corrected chi connectivity index (χ1v) is 8.26. The number of nitrogen functional groups attached to an aromatic ring is 1. The van der Waals surface area contributed by atoms with Crippen molar-refractivity contribution in [3.8, 4) is 0 Å². The summed E-state index contributed by atoms with van der Waals surface area (Å²) in [6, 6.07) is 4.07. The van der Waals surface area contributed by atoms with Gasteiger partial charge in [-0.3, -0.25) is 0 Å². The van der Waals surface area contributed by atoms with Gasteiger partial charge >= 0.3 is 0 Å². The Kier molecular flexibility index (Phi) is 5.01. The zero-order chi connectivity index (χ0) is 17.1. The molecule has 2 unspecified atom stereocenters. The molecule has 0 aromatic carbocycles. The third-order valence-electron chi connectivity index (χ3n) is 3.83. The maximum Gasteiger partial charge on any atom is 0.150 e. The molecule has 0 aliphatic carbocycles. The molecule has 7 nitrogen and oxygen atoms in total. The number of ether oxygens (including phenoxy) is 1. The van der Waals surface area contributed by atoms with E-state index >= 15 is 0 Å². The number of nitrogens with two attached hydrogens (primary N) is 1. The molecule has 2 aromatic heterocycles. The molecule has 8 heteroatoms. The Labute approximate surface area is 146 Å². The minimum Gasteiger partial charge on any atom is -0.382 e. The molecule has 0 saturated carbocycles. The summed E-state index contributed by atoms with van der Waals surface area (Å²) in [6.07, 6.45) is 3.65. The third-order valence-corrected chi connectivity index (χ3v) is 4.20. The molecule has 1 fully saturated rings. The molecular weight excluding hydrogens is 328 g/mol. The van der Waals surface area contributed by atoms with E-state index in [9.17, 15) is 0 Å². The van der Waals surface area contributed by atoms with Crippen LogP contribution in [0.5, 0.6) is 0 Å². The normalized spacial score (nSPS) is 20.9. The Balaban J connectivity index is 1.63. The third kappa shape index (κ3) is 3.85. The average Bonchev–Trinajstić information content (AvgIpc) is 2.56. The van der Waals surface area contributed by atoms with Crippen LogP contribution in [0.2, 0.25) is 5.02 Å². The van der Waals surface area contributed by atoms with Gasteiger partial charge in [-0.2, -0.15) is 0 Å². The number of pyridine rings is 1. The lowest BCUT2D eigenvalue weighted by atomic mass is 10.2.